The smallest absolute Gasteiger partial charge is 0.416 e. The number of anilines is 1. The third-order valence-electron chi connectivity index (χ3n) is 4.61. The van der Waals surface area contributed by atoms with E-state index in [9.17, 15) is 13.2 Å². The van der Waals surface area contributed by atoms with E-state index in [2.05, 4.69) is 15.5 Å². The summed E-state index contributed by atoms with van der Waals surface area (Å²) in [6.45, 7) is 2.49. The molecule has 1 atom stereocenters. The minimum atomic E-state index is -4.38. The zero-order valence-electron chi connectivity index (χ0n) is 14.8. The van der Waals surface area contributed by atoms with Crippen LogP contribution in [0.25, 0.3) is 0 Å². The van der Waals surface area contributed by atoms with Gasteiger partial charge in [0.1, 0.15) is 5.76 Å². The first-order valence-electron chi connectivity index (χ1n) is 8.93. The zero-order chi connectivity index (χ0) is 19.3. The molecule has 0 saturated carbocycles. The molecule has 1 aliphatic rings. The van der Waals surface area contributed by atoms with Gasteiger partial charge in [0, 0.05) is 12.2 Å². The maximum atomic E-state index is 12.8. The lowest BCUT2D eigenvalue weighted by Gasteiger charge is -2.33. The van der Waals surface area contributed by atoms with Gasteiger partial charge in [-0.1, -0.05) is 12.5 Å². The molecule has 1 unspecified atom stereocenters. The monoisotopic (exact) mass is 397 g/mol. The maximum absolute atomic E-state index is 12.8. The second kappa shape index (κ2) is 8.75. The number of hydrogen-bond acceptors (Lipinski definition) is 3. The molecule has 2 heterocycles. The highest BCUT2D eigenvalue weighted by molar-refractivity contribution is 7.80. The van der Waals surface area contributed by atoms with Crippen molar-refractivity contribution in [2.24, 2.45) is 0 Å². The second-order valence-corrected chi connectivity index (χ2v) is 6.95. The zero-order valence-corrected chi connectivity index (χ0v) is 15.6. The highest BCUT2D eigenvalue weighted by atomic mass is 32.1. The molecule has 0 bridgehead atoms. The van der Waals surface area contributed by atoms with Crippen LogP contribution in [0, 0.1) is 0 Å². The van der Waals surface area contributed by atoms with Crippen LogP contribution in [0.5, 0.6) is 0 Å². The Balaban J connectivity index is 1.61. The Bertz CT molecular complexity index is 743. The van der Waals surface area contributed by atoms with Crippen molar-refractivity contribution >= 4 is 23.0 Å². The van der Waals surface area contributed by atoms with E-state index in [0.717, 1.165) is 43.8 Å². The quantitative estimate of drug-likeness (QED) is 0.709. The van der Waals surface area contributed by atoms with Gasteiger partial charge in [-0.3, -0.25) is 4.90 Å². The number of alkyl halides is 3. The summed E-state index contributed by atoms with van der Waals surface area (Å²) in [7, 11) is 0. The lowest BCUT2D eigenvalue weighted by molar-refractivity contribution is -0.137. The molecule has 0 spiro atoms. The number of rotatable bonds is 5. The van der Waals surface area contributed by atoms with Gasteiger partial charge >= 0.3 is 6.18 Å². The molecule has 3 rings (SSSR count). The molecule has 1 saturated heterocycles. The molecule has 146 valence electrons. The summed E-state index contributed by atoms with van der Waals surface area (Å²) in [5, 5.41) is 6.22. The van der Waals surface area contributed by atoms with Gasteiger partial charge in [-0.15, -0.1) is 0 Å². The van der Waals surface area contributed by atoms with Crippen LogP contribution in [0.3, 0.4) is 0 Å². The predicted molar refractivity (Wildman–Crippen MR) is 103 cm³/mol. The van der Waals surface area contributed by atoms with E-state index >= 15 is 0 Å². The van der Waals surface area contributed by atoms with Crippen molar-refractivity contribution in [2.45, 2.75) is 31.5 Å². The fraction of sp³-hybridized carbons (Fsp3) is 0.421. The molecule has 1 aliphatic heterocycles. The standard InChI is InChI=1S/C19H22F3N3OS/c20-19(21,22)14-6-4-7-15(12-14)24-18(27)23-13-16(17-8-5-11-26-17)25-9-2-1-3-10-25/h4-8,11-12,16H,1-3,9-10,13H2,(H2,23,24,27). The number of nitrogens with one attached hydrogen (secondary N) is 2. The molecule has 1 aromatic heterocycles. The van der Waals surface area contributed by atoms with Crippen molar-refractivity contribution in [1.29, 1.82) is 0 Å². The molecule has 0 aliphatic carbocycles. The van der Waals surface area contributed by atoms with Crippen molar-refractivity contribution in [3.8, 4) is 0 Å². The summed E-state index contributed by atoms with van der Waals surface area (Å²) in [6, 6.07) is 8.80. The van der Waals surface area contributed by atoms with Crippen LogP contribution in [0.15, 0.2) is 47.1 Å². The van der Waals surface area contributed by atoms with Crippen molar-refractivity contribution in [3.05, 3.63) is 54.0 Å². The largest absolute Gasteiger partial charge is 0.468 e. The molecular weight excluding hydrogens is 375 g/mol. The van der Waals surface area contributed by atoms with Gasteiger partial charge in [0.2, 0.25) is 0 Å². The summed E-state index contributed by atoms with van der Waals surface area (Å²) in [5.41, 5.74) is -0.410. The molecular formula is C19H22F3N3OS. The van der Waals surface area contributed by atoms with Crippen LogP contribution in [-0.4, -0.2) is 29.6 Å². The normalized spacial score (nSPS) is 16.7. The SMILES string of the molecule is FC(F)(F)c1cccc(NC(=S)NCC(c2ccco2)N2CCCCC2)c1. The van der Waals surface area contributed by atoms with Gasteiger partial charge in [0.05, 0.1) is 17.9 Å². The number of piperidine rings is 1. The average Bonchev–Trinajstić information content (AvgIpc) is 3.17. The molecule has 1 fully saturated rings. The Kier molecular flexibility index (Phi) is 6.38. The van der Waals surface area contributed by atoms with Crippen LogP contribution < -0.4 is 10.6 Å². The van der Waals surface area contributed by atoms with Crippen molar-refractivity contribution in [3.63, 3.8) is 0 Å². The van der Waals surface area contributed by atoms with E-state index in [0.29, 0.717) is 12.2 Å². The lowest BCUT2D eigenvalue weighted by atomic mass is 10.1. The van der Waals surface area contributed by atoms with Gasteiger partial charge < -0.3 is 15.1 Å². The van der Waals surface area contributed by atoms with E-state index < -0.39 is 11.7 Å². The minimum absolute atomic E-state index is 0.0292. The maximum Gasteiger partial charge on any atom is 0.416 e. The Morgan fingerprint density at radius 3 is 2.59 bits per heavy atom. The summed E-state index contributed by atoms with van der Waals surface area (Å²) >= 11 is 5.27. The number of likely N-dealkylation sites (tertiary alicyclic amines) is 1. The third-order valence-corrected chi connectivity index (χ3v) is 4.85. The second-order valence-electron chi connectivity index (χ2n) is 6.54. The van der Waals surface area contributed by atoms with Gasteiger partial charge in [-0.05, 0) is 68.5 Å². The Morgan fingerprint density at radius 2 is 1.93 bits per heavy atom. The number of furan rings is 1. The molecule has 8 heteroatoms. The van der Waals surface area contributed by atoms with E-state index in [4.69, 9.17) is 16.6 Å². The number of hydrogen-bond donors (Lipinski definition) is 2. The molecule has 0 radical (unpaired) electrons. The van der Waals surface area contributed by atoms with Crippen molar-refractivity contribution < 1.29 is 17.6 Å². The Labute approximate surface area is 161 Å². The first kappa shape index (κ1) is 19.7. The van der Waals surface area contributed by atoms with Gasteiger partial charge in [0.15, 0.2) is 5.11 Å². The number of halogens is 3. The van der Waals surface area contributed by atoms with Crippen molar-refractivity contribution in [1.82, 2.24) is 10.2 Å². The number of nitrogens with zero attached hydrogens (tertiary/aromatic N) is 1. The van der Waals surface area contributed by atoms with Crippen LogP contribution in [-0.2, 0) is 6.18 Å². The molecule has 2 N–H and O–H groups in total. The fourth-order valence-electron chi connectivity index (χ4n) is 3.26. The summed E-state index contributed by atoms with van der Waals surface area (Å²) < 4.78 is 44.1. The minimum Gasteiger partial charge on any atom is -0.468 e. The predicted octanol–water partition coefficient (Wildman–Crippen LogP) is 4.81. The molecule has 27 heavy (non-hydrogen) atoms. The van der Waals surface area contributed by atoms with E-state index in [1.165, 1.54) is 12.5 Å². The highest BCUT2D eigenvalue weighted by Crippen LogP contribution is 2.30. The van der Waals surface area contributed by atoms with Crippen LogP contribution in [0.4, 0.5) is 18.9 Å². The van der Waals surface area contributed by atoms with Gasteiger partial charge in [-0.2, -0.15) is 13.2 Å². The van der Waals surface area contributed by atoms with Crippen LogP contribution in [0.1, 0.15) is 36.6 Å². The van der Waals surface area contributed by atoms with E-state index in [-0.39, 0.29) is 11.2 Å². The van der Waals surface area contributed by atoms with Crippen LogP contribution in [0.2, 0.25) is 0 Å². The molecule has 0 amide bonds. The third kappa shape index (κ3) is 5.46. The number of thiocarbonyl (C=S) groups is 1. The van der Waals surface area contributed by atoms with E-state index in [1.54, 1.807) is 12.3 Å². The highest BCUT2D eigenvalue weighted by Gasteiger charge is 2.30. The first-order chi connectivity index (χ1) is 12.9. The fourth-order valence-corrected chi connectivity index (χ4v) is 3.46. The Hall–Kier alpha value is -2.06. The topological polar surface area (TPSA) is 40.4 Å². The molecule has 1 aromatic carbocycles. The summed E-state index contributed by atoms with van der Waals surface area (Å²) in [4.78, 5) is 2.35. The van der Waals surface area contributed by atoms with Crippen LogP contribution >= 0.6 is 12.2 Å². The van der Waals surface area contributed by atoms with Gasteiger partial charge in [0.25, 0.3) is 0 Å². The van der Waals surface area contributed by atoms with Crippen molar-refractivity contribution in [2.75, 3.05) is 25.0 Å². The summed E-state index contributed by atoms with van der Waals surface area (Å²) in [6.07, 6.45) is 0.773. The molecule has 2 aromatic rings. The van der Waals surface area contributed by atoms with Gasteiger partial charge in [-0.25, -0.2) is 0 Å². The lowest BCUT2D eigenvalue weighted by Crippen LogP contribution is -2.41. The van der Waals surface area contributed by atoms with E-state index in [1.807, 2.05) is 12.1 Å². The summed E-state index contributed by atoms with van der Waals surface area (Å²) in [5.74, 6) is 0.853. The number of benzene rings is 1. The molecule has 4 nitrogen and oxygen atoms in total. The Morgan fingerprint density at radius 1 is 1.15 bits per heavy atom. The average molecular weight is 397 g/mol. The first-order valence-corrected chi connectivity index (χ1v) is 9.34.